The SMILES string of the molecule is CCNc1nc(C)cc(Nc2ccc(NC(=O)c3c(C)nn(C)c3C)cc2)n1. The van der Waals surface area contributed by atoms with Crippen LogP contribution in [0.1, 0.15) is 34.4 Å². The molecule has 0 spiro atoms. The molecular weight excluding hydrogens is 354 g/mol. The number of carbonyl (C=O) groups is 1. The van der Waals surface area contributed by atoms with Gasteiger partial charge in [-0.25, -0.2) is 4.98 Å². The van der Waals surface area contributed by atoms with Crippen molar-refractivity contribution in [3.63, 3.8) is 0 Å². The van der Waals surface area contributed by atoms with E-state index in [1.54, 1.807) is 4.68 Å². The van der Waals surface area contributed by atoms with Crippen molar-refractivity contribution in [3.05, 3.63) is 53.0 Å². The Bertz CT molecular complexity index is 993. The Morgan fingerprint density at radius 1 is 1.07 bits per heavy atom. The van der Waals surface area contributed by atoms with Crippen molar-refractivity contribution in [1.82, 2.24) is 19.7 Å². The van der Waals surface area contributed by atoms with Crippen LogP contribution in [0.5, 0.6) is 0 Å². The Hall–Kier alpha value is -3.42. The summed E-state index contributed by atoms with van der Waals surface area (Å²) in [7, 11) is 1.83. The molecule has 0 radical (unpaired) electrons. The molecule has 3 rings (SSSR count). The van der Waals surface area contributed by atoms with Crippen LogP contribution in [0.15, 0.2) is 30.3 Å². The van der Waals surface area contributed by atoms with E-state index < -0.39 is 0 Å². The minimum atomic E-state index is -0.162. The molecular formula is C20H25N7O. The van der Waals surface area contributed by atoms with Crippen molar-refractivity contribution in [2.75, 3.05) is 22.5 Å². The molecule has 2 heterocycles. The van der Waals surface area contributed by atoms with E-state index in [-0.39, 0.29) is 5.91 Å². The number of hydrogen-bond donors (Lipinski definition) is 3. The summed E-state index contributed by atoms with van der Waals surface area (Å²) in [6.45, 7) is 8.40. The zero-order valence-electron chi connectivity index (χ0n) is 16.8. The molecule has 3 N–H and O–H groups in total. The standard InChI is InChI=1S/C20H25N7O/c1-6-21-20-22-12(2)11-17(25-20)23-15-7-9-16(10-8-15)24-19(28)18-13(3)26-27(5)14(18)4/h7-11H,6H2,1-5H3,(H,24,28)(H2,21,22,23,25). The van der Waals surface area contributed by atoms with Gasteiger partial charge in [0, 0.05) is 42.4 Å². The van der Waals surface area contributed by atoms with E-state index in [2.05, 4.69) is 31.0 Å². The monoisotopic (exact) mass is 379 g/mol. The quantitative estimate of drug-likeness (QED) is 0.606. The molecule has 1 aromatic carbocycles. The normalized spacial score (nSPS) is 10.6. The number of rotatable bonds is 6. The molecule has 8 heteroatoms. The fourth-order valence-corrected chi connectivity index (χ4v) is 2.95. The maximum absolute atomic E-state index is 12.6. The van der Waals surface area contributed by atoms with Gasteiger partial charge in [0.05, 0.1) is 11.3 Å². The second-order valence-corrected chi connectivity index (χ2v) is 6.57. The van der Waals surface area contributed by atoms with E-state index in [0.29, 0.717) is 28.7 Å². The average molecular weight is 379 g/mol. The van der Waals surface area contributed by atoms with Gasteiger partial charge in [0.2, 0.25) is 5.95 Å². The van der Waals surface area contributed by atoms with Gasteiger partial charge in [-0.2, -0.15) is 10.1 Å². The summed E-state index contributed by atoms with van der Waals surface area (Å²) in [5.74, 6) is 1.14. The molecule has 8 nitrogen and oxygen atoms in total. The van der Waals surface area contributed by atoms with Crippen LogP contribution >= 0.6 is 0 Å². The van der Waals surface area contributed by atoms with Gasteiger partial charge in [-0.05, 0) is 52.0 Å². The summed E-state index contributed by atoms with van der Waals surface area (Å²) in [5, 5.41) is 13.6. The molecule has 0 saturated carbocycles. The van der Waals surface area contributed by atoms with Crippen LogP contribution in [0.2, 0.25) is 0 Å². The van der Waals surface area contributed by atoms with Crippen LogP contribution in [-0.2, 0) is 7.05 Å². The first-order chi connectivity index (χ1) is 13.4. The minimum Gasteiger partial charge on any atom is -0.354 e. The second-order valence-electron chi connectivity index (χ2n) is 6.57. The molecule has 0 aliphatic carbocycles. The number of carbonyl (C=O) groups excluding carboxylic acids is 1. The summed E-state index contributed by atoms with van der Waals surface area (Å²) in [6, 6.07) is 9.36. The lowest BCUT2D eigenvalue weighted by Crippen LogP contribution is -2.14. The van der Waals surface area contributed by atoms with Crippen molar-refractivity contribution >= 4 is 29.0 Å². The first-order valence-corrected chi connectivity index (χ1v) is 9.15. The van der Waals surface area contributed by atoms with Gasteiger partial charge >= 0.3 is 0 Å². The fourth-order valence-electron chi connectivity index (χ4n) is 2.95. The third-order valence-electron chi connectivity index (χ3n) is 4.34. The summed E-state index contributed by atoms with van der Waals surface area (Å²) in [4.78, 5) is 21.4. The number of amides is 1. The topological polar surface area (TPSA) is 96.8 Å². The van der Waals surface area contributed by atoms with Crippen molar-refractivity contribution in [2.45, 2.75) is 27.7 Å². The van der Waals surface area contributed by atoms with Gasteiger partial charge in [-0.1, -0.05) is 0 Å². The van der Waals surface area contributed by atoms with Gasteiger partial charge in [-0.15, -0.1) is 0 Å². The third kappa shape index (κ3) is 4.28. The van der Waals surface area contributed by atoms with Crippen LogP contribution < -0.4 is 16.0 Å². The molecule has 146 valence electrons. The van der Waals surface area contributed by atoms with Crippen LogP contribution in [0.3, 0.4) is 0 Å². The van der Waals surface area contributed by atoms with E-state index in [4.69, 9.17) is 0 Å². The number of benzene rings is 1. The van der Waals surface area contributed by atoms with Gasteiger partial charge in [0.15, 0.2) is 0 Å². The molecule has 0 aliphatic rings. The van der Waals surface area contributed by atoms with Crippen LogP contribution in [-0.4, -0.2) is 32.2 Å². The van der Waals surface area contributed by atoms with E-state index in [0.717, 1.165) is 23.6 Å². The molecule has 28 heavy (non-hydrogen) atoms. The molecule has 0 bridgehead atoms. The predicted molar refractivity (Wildman–Crippen MR) is 111 cm³/mol. The summed E-state index contributed by atoms with van der Waals surface area (Å²) in [6.07, 6.45) is 0. The van der Waals surface area contributed by atoms with E-state index in [1.807, 2.05) is 65.1 Å². The van der Waals surface area contributed by atoms with E-state index in [9.17, 15) is 4.79 Å². The molecule has 0 atom stereocenters. The summed E-state index contributed by atoms with van der Waals surface area (Å²) < 4.78 is 1.71. The highest BCUT2D eigenvalue weighted by molar-refractivity contribution is 6.05. The number of anilines is 4. The molecule has 3 aromatic rings. The average Bonchev–Trinajstić information content (AvgIpc) is 2.88. The highest BCUT2D eigenvalue weighted by Crippen LogP contribution is 2.20. The number of aryl methyl sites for hydroxylation is 3. The molecule has 0 saturated heterocycles. The lowest BCUT2D eigenvalue weighted by Gasteiger charge is -2.10. The van der Waals surface area contributed by atoms with E-state index >= 15 is 0 Å². The van der Waals surface area contributed by atoms with Crippen molar-refractivity contribution in [1.29, 1.82) is 0 Å². The molecule has 0 fully saturated rings. The molecule has 1 amide bonds. The minimum absolute atomic E-state index is 0.162. The van der Waals surface area contributed by atoms with Gasteiger partial charge in [0.1, 0.15) is 5.82 Å². The van der Waals surface area contributed by atoms with Crippen LogP contribution in [0.4, 0.5) is 23.1 Å². The molecule has 2 aromatic heterocycles. The lowest BCUT2D eigenvalue weighted by molar-refractivity contribution is 0.102. The third-order valence-corrected chi connectivity index (χ3v) is 4.34. The van der Waals surface area contributed by atoms with Crippen molar-refractivity contribution < 1.29 is 4.79 Å². The Labute approximate surface area is 164 Å². The number of nitrogens with zero attached hydrogens (tertiary/aromatic N) is 4. The largest absolute Gasteiger partial charge is 0.354 e. The van der Waals surface area contributed by atoms with Gasteiger partial charge in [0.25, 0.3) is 5.91 Å². The molecule has 0 aliphatic heterocycles. The zero-order valence-corrected chi connectivity index (χ0v) is 16.8. The smallest absolute Gasteiger partial charge is 0.259 e. The highest BCUT2D eigenvalue weighted by Gasteiger charge is 2.17. The zero-order chi connectivity index (χ0) is 20.3. The van der Waals surface area contributed by atoms with Crippen molar-refractivity contribution in [3.8, 4) is 0 Å². The Morgan fingerprint density at radius 3 is 2.36 bits per heavy atom. The number of nitrogens with one attached hydrogen (secondary N) is 3. The number of hydrogen-bond acceptors (Lipinski definition) is 6. The fraction of sp³-hybridized carbons (Fsp3) is 0.300. The predicted octanol–water partition coefficient (Wildman–Crippen LogP) is 3.56. The first kappa shape index (κ1) is 19.3. The maximum Gasteiger partial charge on any atom is 0.259 e. The molecule has 0 unspecified atom stereocenters. The second kappa shape index (κ2) is 8.08. The summed E-state index contributed by atoms with van der Waals surface area (Å²) >= 11 is 0. The Kier molecular flexibility index (Phi) is 5.58. The van der Waals surface area contributed by atoms with Crippen LogP contribution in [0, 0.1) is 20.8 Å². The van der Waals surface area contributed by atoms with Gasteiger partial charge < -0.3 is 16.0 Å². The van der Waals surface area contributed by atoms with Crippen LogP contribution in [0.25, 0.3) is 0 Å². The lowest BCUT2D eigenvalue weighted by atomic mass is 10.1. The Morgan fingerprint density at radius 2 is 1.75 bits per heavy atom. The van der Waals surface area contributed by atoms with Gasteiger partial charge in [-0.3, -0.25) is 9.48 Å². The Balaban J connectivity index is 1.71. The first-order valence-electron chi connectivity index (χ1n) is 9.15. The van der Waals surface area contributed by atoms with Crippen molar-refractivity contribution in [2.24, 2.45) is 7.05 Å². The number of aromatic nitrogens is 4. The highest BCUT2D eigenvalue weighted by atomic mass is 16.1. The van der Waals surface area contributed by atoms with E-state index in [1.165, 1.54) is 0 Å². The summed E-state index contributed by atoms with van der Waals surface area (Å²) in [5.41, 5.74) is 4.62. The maximum atomic E-state index is 12.6.